The van der Waals surface area contributed by atoms with Crippen LogP contribution in [0.3, 0.4) is 0 Å². The van der Waals surface area contributed by atoms with Gasteiger partial charge in [0, 0.05) is 0 Å². The zero-order valence-electron chi connectivity index (χ0n) is 16.7. The van der Waals surface area contributed by atoms with Crippen molar-refractivity contribution in [1.29, 1.82) is 0 Å². The Kier molecular flexibility index (Phi) is 6.21. The van der Waals surface area contributed by atoms with Crippen LogP contribution in [0.1, 0.15) is 31.7 Å². The molecule has 3 heterocycles. The van der Waals surface area contributed by atoms with Crippen LogP contribution in [0.2, 0.25) is 0 Å². The van der Waals surface area contributed by atoms with Crippen LogP contribution in [-0.4, -0.2) is 65.5 Å². The molecule has 1 saturated heterocycles. The maximum Gasteiger partial charge on any atom is 0.191 e. The van der Waals surface area contributed by atoms with E-state index in [2.05, 4.69) is 20.3 Å². The minimum atomic E-state index is -1.21. The third-order valence-corrected chi connectivity index (χ3v) is 5.85. The summed E-state index contributed by atoms with van der Waals surface area (Å²) in [5, 5.41) is 33.9. The maximum absolute atomic E-state index is 10.4. The highest BCUT2D eigenvalue weighted by Gasteiger charge is 2.44. The molecule has 4 N–H and O–H groups in total. The molecule has 4 rings (SSSR count). The van der Waals surface area contributed by atoms with E-state index in [0.717, 1.165) is 11.3 Å². The van der Waals surface area contributed by atoms with Gasteiger partial charge >= 0.3 is 0 Å². The zero-order valence-corrected chi connectivity index (χ0v) is 17.5. The van der Waals surface area contributed by atoms with Gasteiger partial charge in [-0.1, -0.05) is 49.0 Å². The SMILES string of the molecule is CCSc1nc(NC(C)c2ccccc2)c2ncn([C@@H]3O[C@H](CO)[C@@H](O)[C@H]3O)c2n1. The van der Waals surface area contributed by atoms with Crippen LogP contribution in [-0.2, 0) is 4.74 Å². The summed E-state index contributed by atoms with van der Waals surface area (Å²) in [6, 6.07) is 10.0. The topological polar surface area (TPSA) is 126 Å². The van der Waals surface area contributed by atoms with Crippen LogP contribution in [0.15, 0.2) is 41.8 Å². The smallest absolute Gasteiger partial charge is 0.191 e. The number of nitrogens with zero attached hydrogens (tertiary/aromatic N) is 4. The first-order valence-corrected chi connectivity index (χ1v) is 10.8. The molecule has 0 radical (unpaired) electrons. The average molecular weight is 432 g/mol. The lowest BCUT2D eigenvalue weighted by molar-refractivity contribution is -0.0511. The summed E-state index contributed by atoms with van der Waals surface area (Å²) in [5.41, 5.74) is 2.13. The molecular formula is C20H25N5O4S. The Bertz CT molecular complexity index is 1000. The quantitative estimate of drug-likeness (QED) is 0.327. The van der Waals surface area contributed by atoms with Gasteiger partial charge in [-0.15, -0.1) is 0 Å². The second-order valence-corrected chi connectivity index (χ2v) is 8.35. The van der Waals surface area contributed by atoms with Gasteiger partial charge in [0.15, 0.2) is 28.4 Å². The van der Waals surface area contributed by atoms with E-state index in [-0.39, 0.29) is 6.04 Å². The fourth-order valence-electron chi connectivity index (χ4n) is 3.52. The number of anilines is 1. The van der Waals surface area contributed by atoms with E-state index in [4.69, 9.17) is 4.74 Å². The summed E-state index contributed by atoms with van der Waals surface area (Å²) in [5.74, 6) is 1.37. The summed E-state index contributed by atoms with van der Waals surface area (Å²) >= 11 is 1.49. The van der Waals surface area contributed by atoms with E-state index < -0.39 is 31.1 Å². The number of ether oxygens (including phenoxy) is 1. The van der Waals surface area contributed by atoms with Crippen molar-refractivity contribution in [2.75, 3.05) is 17.7 Å². The number of aliphatic hydroxyl groups is 3. The minimum absolute atomic E-state index is 0.0113. The van der Waals surface area contributed by atoms with Crippen molar-refractivity contribution in [1.82, 2.24) is 19.5 Å². The molecule has 1 aromatic carbocycles. The van der Waals surface area contributed by atoms with Crippen LogP contribution < -0.4 is 5.32 Å². The Hall–Kier alpha value is -2.24. The van der Waals surface area contributed by atoms with Crippen molar-refractivity contribution < 1.29 is 20.1 Å². The number of hydrogen-bond donors (Lipinski definition) is 4. The lowest BCUT2D eigenvalue weighted by atomic mass is 10.1. The zero-order chi connectivity index (χ0) is 21.3. The largest absolute Gasteiger partial charge is 0.394 e. The first-order chi connectivity index (χ1) is 14.5. The van der Waals surface area contributed by atoms with Gasteiger partial charge in [0.05, 0.1) is 19.0 Å². The van der Waals surface area contributed by atoms with Gasteiger partial charge in [0.2, 0.25) is 0 Å². The van der Waals surface area contributed by atoms with Crippen molar-refractivity contribution in [3.8, 4) is 0 Å². The molecule has 9 nitrogen and oxygen atoms in total. The first-order valence-electron chi connectivity index (χ1n) is 9.84. The van der Waals surface area contributed by atoms with Crippen LogP contribution in [0.4, 0.5) is 5.82 Å². The Morgan fingerprint density at radius 2 is 1.97 bits per heavy atom. The summed E-state index contributed by atoms with van der Waals surface area (Å²) in [7, 11) is 0. The number of rotatable bonds is 7. The van der Waals surface area contributed by atoms with Crippen LogP contribution in [0, 0.1) is 0 Å². The molecule has 2 aromatic heterocycles. The normalized spacial score (nSPS) is 25.0. The number of thioether (sulfide) groups is 1. The number of imidazole rings is 1. The summed E-state index contributed by atoms with van der Waals surface area (Å²) in [6.45, 7) is 3.66. The van der Waals surface area contributed by atoms with Gasteiger partial charge in [-0.2, -0.15) is 0 Å². The highest BCUT2D eigenvalue weighted by molar-refractivity contribution is 7.99. The Labute approximate surface area is 178 Å². The second-order valence-electron chi connectivity index (χ2n) is 7.12. The number of hydrogen-bond acceptors (Lipinski definition) is 9. The number of aliphatic hydroxyl groups excluding tert-OH is 3. The van der Waals surface area contributed by atoms with Crippen LogP contribution in [0.5, 0.6) is 0 Å². The van der Waals surface area contributed by atoms with Gasteiger partial charge in [-0.25, -0.2) is 15.0 Å². The molecule has 1 aliphatic rings. The molecule has 10 heteroatoms. The third-order valence-electron chi connectivity index (χ3n) is 5.12. The molecule has 0 bridgehead atoms. The molecule has 3 aromatic rings. The van der Waals surface area contributed by atoms with E-state index in [1.807, 2.05) is 44.2 Å². The van der Waals surface area contributed by atoms with Crippen molar-refractivity contribution in [3.63, 3.8) is 0 Å². The Morgan fingerprint density at radius 3 is 2.63 bits per heavy atom. The van der Waals surface area contributed by atoms with Gasteiger partial charge in [-0.3, -0.25) is 4.57 Å². The van der Waals surface area contributed by atoms with Crippen LogP contribution in [0.25, 0.3) is 11.2 Å². The molecule has 1 fully saturated rings. The van der Waals surface area contributed by atoms with Gasteiger partial charge in [0.25, 0.3) is 0 Å². The van der Waals surface area contributed by atoms with Gasteiger partial charge in [0.1, 0.15) is 18.3 Å². The number of benzene rings is 1. The van der Waals surface area contributed by atoms with E-state index in [1.165, 1.54) is 18.1 Å². The lowest BCUT2D eigenvalue weighted by Crippen LogP contribution is -2.33. The molecular weight excluding hydrogens is 406 g/mol. The molecule has 1 unspecified atom stereocenters. The Balaban J connectivity index is 1.73. The van der Waals surface area contributed by atoms with Crippen molar-refractivity contribution in [3.05, 3.63) is 42.2 Å². The highest BCUT2D eigenvalue weighted by Crippen LogP contribution is 2.33. The molecule has 30 heavy (non-hydrogen) atoms. The van der Waals surface area contributed by atoms with E-state index in [1.54, 1.807) is 4.57 Å². The fourth-order valence-corrected chi connectivity index (χ4v) is 4.08. The lowest BCUT2D eigenvalue weighted by Gasteiger charge is -2.18. The van der Waals surface area contributed by atoms with Gasteiger partial charge < -0.3 is 25.4 Å². The predicted octanol–water partition coefficient (Wildman–Crippen LogP) is 1.72. The molecule has 5 atom stereocenters. The van der Waals surface area contributed by atoms with Crippen LogP contribution >= 0.6 is 11.8 Å². The third kappa shape index (κ3) is 3.88. The monoisotopic (exact) mass is 431 g/mol. The first kappa shape index (κ1) is 21.0. The van der Waals surface area contributed by atoms with Crippen molar-refractivity contribution in [2.24, 2.45) is 0 Å². The number of fused-ring (bicyclic) bond motifs is 1. The van der Waals surface area contributed by atoms with Crippen molar-refractivity contribution in [2.45, 2.75) is 49.6 Å². The maximum atomic E-state index is 10.4. The standard InChI is InChI=1S/C20H25N5O4S/c1-3-30-20-23-17(22-11(2)12-7-5-4-6-8-12)14-18(24-20)25(10-21-14)19-16(28)15(27)13(9-26)29-19/h4-8,10-11,13,15-16,19,26-28H,3,9H2,1-2H3,(H,22,23,24)/t11?,13-,15-,16-,19-/m1/s1. The molecule has 0 saturated carbocycles. The molecule has 160 valence electrons. The number of nitrogens with one attached hydrogen (secondary N) is 1. The van der Waals surface area contributed by atoms with E-state index in [0.29, 0.717) is 22.1 Å². The van der Waals surface area contributed by atoms with E-state index in [9.17, 15) is 15.3 Å². The predicted molar refractivity (Wildman–Crippen MR) is 113 cm³/mol. The van der Waals surface area contributed by atoms with Crippen molar-refractivity contribution >= 4 is 28.7 Å². The molecule has 0 aliphatic carbocycles. The summed E-state index contributed by atoms with van der Waals surface area (Å²) < 4.78 is 7.25. The summed E-state index contributed by atoms with van der Waals surface area (Å²) in [4.78, 5) is 13.7. The molecule has 1 aliphatic heterocycles. The molecule has 0 amide bonds. The Morgan fingerprint density at radius 1 is 1.20 bits per heavy atom. The fraction of sp³-hybridized carbons (Fsp3) is 0.450. The van der Waals surface area contributed by atoms with Gasteiger partial charge in [-0.05, 0) is 18.2 Å². The average Bonchev–Trinajstić information content (AvgIpc) is 3.30. The highest BCUT2D eigenvalue weighted by atomic mass is 32.2. The molecule has 0 spiro atoms. The summed E-state index contributed by atoms with van der Waals surface area (Å²) in [6.07, 6.45) is -2.67. The van der Waals surface area contributed by atoms with E-state index >= 15 is 0 Å². The minimum Gasteiger partial charge on any atom is -0.394 e. The number of aromatic nitrogens is 4. The second kappa shape index (κ2) is 8.86.